The molecule has 0 saturated carbocycles. The summed E-state index contributed by atoms with van der Waals surface area (Å²) in [5.41, 5.74) is 2.48. The largest absolute Gasteiger partial charge is 0.412 e. The number of benzene rings is 1. The van der Waals surface area contributed by atoms with Crippen molar-refractivity contribution in [1.29, 1.82) is 0 Å². The van der Waals surface area contributed by atoms with Crippen molar-refractivity contribution in [1.82, 2.24) is 5.32 Å². The minimum Gasteiger partial charge on any atom is -0.410 e. The van der Waals surface area contributed by atoms with Gasteiger partial charge in [0.15, 0.2) is 0 Å². The highest BCUT2D eigenvalue weighted by Gasteiger charge is 2.16. The van der Waals surface area contributed by atoms with E-state index in [0.717, 1.165) is 19.3 Å². The van der Waals surface area contributed by atoms with E-state index in [1.807, 2.05) is 12.1 Å². The van der Waals surface area contributed by atoms with Crippen molar-refractivity contribution in [3.8, 4) is 5.75 Å². The molecular formula is C13H15NO2. The van der Waals surface area contributed by atoms with Gasteiger partial charge >= 0.3 is 6.09 Å². The molecule has 0 atom stereocenters. The average Bonchev–Trinajstić information content (AvgIpc) is 2.75. The fourth-order valence-corrected chi connectivity index (χ4v) is 1.97. The number of hydrogen-bond acceptors (Lipinski definition) is 2. The molecule has 0 aromatic heterocycles. The summed E-state index contributed by atoms with van der Waals surface area (Å²) in [5, 5.41) is 2.59. The fraction of sp³-hybridized carbons (Fsp3) is 0.308. The van der Waals surface area contributed by atoms with E-state index in [4.69, 9.17) is 4.74 Å². The van der Waals surface area contributed by atoms with Crippen LogP contribution in [0.1, 0.15) is 17.5 Å². The van der Waals surface area contributed by atoms with Crippen molar-refractivity contribution in [2.45, 2.75) is 19.3 Å². The van der Waals surface area contributed by atoms with E-state index in [1.165, 1.54) is 11.1 Å². The normalized spacial score (nSPS) is 13.0. The van der Waals surface area contributed by atoms with Gasteiger partial charge in [-0.25, -0.2) is 4.79 Å². The van der Waals surface area contributed by atoms with Gasteiger partial charge in [-0.15, -0.1) is 6.58 Å². The van der Waals surface area contributed by atoms with Crippen molar-refractivity contribution < 1.29 is 9.53 Å². The summed E-state index contributed by atoms with van der Waals surface area (Å²) >= 11 is 0. The molecule has 0 fully saturated rings. The van der Waals surface area contributed by atoms with Crippen LogP contribution in [0.5, 0.6) is 5.75 Å². The zero-order chi connectivity index (χ0) is 11.4. The van der Waals surface area contributed by atoms with Crippen LogP contribution in [0.25, 0.3) is 0 Å². The van der Waals surface area contributed by atoms with Gasteiger partial charge in [-0.3, -0.25) is 0 Å². The molecule has 3 nitrogen and oxygen atoms in total. The first-order valence-electron chi connectivity index (χ1n) is 5.48. The summed E-state index contributed by atoms with van der Waals surface area (Å²) in [6.45, 7) is 3.95. The van der Waals surface area contributed by atoms with E-state index in [-0.39, 0.29) is 0 Å². The van der Waals surface area contributed by atoms with Gasteiger partial charge in [0, 0.05) is 6.54 Å². The third-order valence-electron chi connectivity index (χ3n) is 2.70. The second-order valence-corrected chi connectivity index (χ2v) is 3.81. The Hall–Kier alpha value is -1.77. The molecular weight excluding hydrogens is 202 g/mol. The van der Waals surface area contributed by atoms with Gasteiger partial charge in [0.05, 0.1) is 0 Å². The number of ether oxygens (including phenoxy) is 1. The second-order valence-electron chi connectivity index (χ2n) is 3.81. The van der Waals surface area contributed by atoms with Crippen molar-refractivity contribution in [3.63, 3.8) is 0 Å². The molecule has 1 aromatic rings. The van der Waals surface area contributed by atoms with E-state index in [9.17, 15) is 4.79 Å². The molecule has 0 heterocycles. The smallest absolute Gasteiger partial charge is 0.410 e. The first-order chi connectivity index (χ1) is 7.81. The van der Waals surface area contributed by atoms with Crippen molar-refractivity contribution in [2.24, 2.45) is 0 Å². The SMILES string of the molecule is C=CCNC(=O)Oc1cccc2c1CCC2. The van der Waals surface area contributed by atoms with Crippen LogP contribution in [-0.4, -0.2) is 12.6 Å². The average molecular weight is 217 g/mol. The van der Waals surface area contributed by atoms with Crippen LogP contribution in [0.4, 0.5) is 4.79 Å². The standard InChI is InChI=1S/C13H15NO2/c1-2-9-14-13(15)16-12-8-4-6-10-5-3-7-11(10)12/h2,4,6,8H,1,3,5,7,9H2,(H,14,15). The molecule has 3 heteroatoms. The molecule has 1 aliphatic rings. The summed E-state index contributed by atoms with van der Waals surface area (Å²) < 4.78 is 5.26. The van der Waals surface area contributed by atoms with Gasteiger partial charge in [0.2, 0.25) is 0 Å². The number of fused-ring (bicyclic) bond motifs is 1. The number of rotatable bonds is 3. The van der Waals surface area contributed by atoms with Crippen molar-refractivity contribution >= 4 is 6.09 Å². The monoisotopic (exact) mass is 217 g/mol. The van der Waals surface area contributed by atoms with Crippen molar-refractivity contribution in [3.05, 3.63) is 42.0 Å². The topological polar surface area (TPSA) is 38.3 Å². The molecule has 1 aromatic carbocycles. The summed E-state index contributed by atoms with van der Waals surface area (Å²) in [6, 6.07) is 5.87. The molecule has 1 amide bonds. The number of carbonyl (C=O) groups excluding carboxylic acids is 1. The molecule has 16 heavy (non-hydrogen) atoms. The number of carbonyl (C=O) groups is 1. The number of nitrogens with one attached hydrogen (secondary N) is 1. The minimum absolute atomic E-state index is 0.416. The highest BCUT2D eigenvalue weighted by atomic mass is 16.6. The van der Waals surface area contributed by atoms with Crippen LogP contribution in [0, 0.1) is 0 Å². The Morgan fingerprint density at radius 2 is 2.38 bits per heavy atom. The predicted octanol–water partition coefficient (Wildman–Crippen LogP) is 2.45. The van der Waals surface area contributed by atoms with E-state index in [1.54, 1.807) is 6.08 Å². The molecule has 1 aliphatic carbocycles. The minimum atomic E-state index is -0.416. The maximum absolute atomic E-state index is 11.4. The molecule has 0 unspecified atom stereocenters. The Kier molecular flexibility index (Phi) is 3.25. The van der Waals surface area contributed by atoms with E-state index in [2.05, 4.69) is 18.0 Å². The third kappa shape index (κ3) is 2.24. The first kappa shape index (κ1) is 10.7. The summed E-state index contributed by atoms with van der Waals surface area (Å²) in [7, 11) is 0. The Bertz CT molecular complexity index is 412. The van der Waals surface area contributed by atoms with Gasteiger partial charge in [-0.05, 0) is 36.5 Å². The van der Waals surface area contributed by atoms with Gasteiger partial charge in [0.1, 0.15) is 5.75 Å². The Balaban J connectivity index is 2.07. The molecule has 0 saturated heterocycles. The van der Waals surface area contributed by atoms with E-state index < -0.39 is 6.09 Å². The van der Waals surface area contributed by atoms with Crippen LogP contribution in [-0.2, 0) is 12.8 Å². The third-order valence-corrected chi connectivity index (χ3v) is 2.70. The molecule has 0 aliphatic heterocycles. The van der Waals surface area contributed by atoms with Gasteiger partial charge in [-0.2, -0.15) is 0 Å². The van der Waals surface area contributed by atoms with Crippen LogP contribution < -0.4 is 10.1 Å². The van der Waals surface area contributed by atoms with Crippen LogP contribution in [0.3, 0.4) is 0 Å². The van der Waals surface area contributed by atoms with Crippen LogP contribution >= 0.6 is 0 Å². The first-order valence-corrected chi connectivity index (χ1v) is 5.48. The van der Waals surface area contributed by atoms with Crippen molar-refractivity contribution in [2.75, 3.05) is 6.54 Å². The Morgan fingerprint density at radius 3 is 3.19 bits per heavy atom. The zero-order valence-corrected chi connectivity index (χ0v) is 9.16. The van der Waals surface area contributed by atoms with Gasteiger partial charge in [-0.1, -0.05) is 18.2 Å². The lowest BCUT2D eigenvalue weighted by atomic mass is 10.1. The lowest BCUT2D eigenvalue weighted by Gasteiger charge is -2.09. The lowest BCUT2D eigenvalue weighted by Crippen LogP contribution is -2.27. The summed E-state index contributed by atoms with van der Waals surface area (Å²) in [5.74, 6) is 0.691. The highest BCUT2D eigenvalue weighted by Crippen LogP contribution is 2.30. The molecule has 2 rings (SSSR count). The van der Waals surface area contributed by atoms with Crippen LogP contribution in [0.2, 0.25) is 0 Å². The molecule has 84 valence electrons. The lowest BCUT2D eigenvalue weighted by molar-refractivity contribution is 0.201. The fourth-order valence-electron chi connectivity index (χ4n) is 1.97. The molecule has 0 spiro atoms. The van der Waals surface area contributed by atoms with E-state index in [0.29, 0.717) is 12.3 Å². The van der Waals surface area contributed by atoms with Crippen LogP contribution in [0.15, 0.2) is 30.9 Å². The zero-order valence-electron chi connectivity index (χ0n) is 9.16. The maximum Gasteiger partial charge on any atom is 0.412 e. The Labute approximate surface area is 95.1 Å². The number of hydrogen-bond donors (Lipinski definition) is 1. The number of aryl methyl sites for hydroxylation is 1. The summed E-state index contributed by atoms with van der Waals surface area (Å²) in [4.78, 5) is 11.4. The van der Waals surface area contributed by atoms with Gasteiger partial charge in [0.25, 0.3) is 0 Å². The summed E-state index contributed by atoms with van der Waals surface area (Å²) in [6.07, 6.45) is 4.43. The van der Waals surface area contributed by atoms with Gasteiger partial charge < -0.3 is 10.1 Å². The molecule has 1 N–H and O–H groups in total. The van der Waals surface area contributed by atoms with E-state index >= 15 is 0 Å². The maximum atomic E-state index is 11.4. The molecule has 0 radical (unpaired) electrons. The predicted molar refractivity (Wildman–Crippen MR) is 62.7 cm³/mol. The number of amides is 1. The second kappa shape index (κ2) is 4.84. The molecule has 0 bridgehead atoms. The highest BCUT2D eigenvalue weighted by molar-refractivity contribution is 5.71. The Morgan fingerprint density at radius 1 is 1.50 bits per heavy atom. The quantitative estimate of drug-likeness (QED) is 0.790.